The molecule has 0 aliphatic heterocycles. The molecule has 0 saturated heterocycles. The van der Waals surface area contributed by atoms with Gasteiger partial charge in [0.1, 0.15) is 0 Å². The van der Waals surface area contributed by atoms with E-state index in [1.807, 2.05) is 13.8 Å². The van der Waals surface area contributed by atoms with E-state index in [1.165, 1.54) is 23.2 Å². The van der Waals surface area contributed by atoms with Gasteiger partial charge in [-0.05, 0) is 37.0 Å². The number of nitrogens with two attached hydrogens (primary N) is 1. The predicted molar refractivity (Wildman–Crippen MR) is 115 cm³/mol. The lowest BCUT2D eigenvalue weighted by Crippen LogP contribution is -2.37. The Bertz CT molecular complexity index is 1110. The molecule has 2 aromatic heterocycles. The molecule has 0 saturated carbocycles. The third kappa shape index (κ3) is 5.65. The van der Waals surface area contributed by atoms with E-state index in [-0.39, 0.29) is 29.9 Å². The number of halogens is 4. The van der Waals surface area contributed by atoms with Gasteiger partial charge in [-0.1, -0.05) is 26.0 Å². The molecule has 7 nitrogen and oxygen atoms in total. The number of aromatic amines is 1. The van der Waals surface area contributed by atoms with E-state index >= 15 is 0 Å². The quantitative estimate of drug-likeness (QED) is 0.493. The Morgan fingerprint density at radius 2 is 1.85 bits per heavy atom. The zero-order chi connectivity index (χ0) is 24.3. The highest BCUT2D eigenvalue weighted by molar-refractivity contribution is 6.05. The molecule has 0 aliphatic rings. The fourth-order valence-corrected chi connectivity index (χ4v) is 3.52. The van der Waals surface area contributed by atoms with Gasteiger partial charge >= 0.3 is 6.18 Å². The molecular formula is C22H24F4N6O. The van der Waals surface area contributed by atoms with Crippen molar-refractivity contribution in [3.05, 3.63) is 64.9 Å². The van der Waals surface area contributed by atoms with Crippen LogP contribution in [0.25, 0.3) is 0 Å². The normalized spacial score (nSPS) is 12.7. The van der Waals surface area contributed by atoms with Crippen LogP contribution in [0, 0.1) is 18.7 Å². The molecule has 0 aliphatic carbocycles. The van der Waals surface area contributed by atoms with Crippen LogP contribution in [-0.2, 0) is 6.18 Å². The molecule has 3 aromatic rings. The number of alkyl halides is 3. The lowest BCUT2D eigenvalue weighted by atomic mass is 9.89. The Hall–Kier alpha value is -3.50. The molecule has 1 aromatic carbocycles. The first-order chi connectivity index (χ1) is 15.5. The average molecular weight is 464 g/mol. The minimum absolute atomic E-state index is 0.0398. The first-order valence-corrected chi connectivity index (χ1v) is 10.2. The Morgan fingerprint density at radius 3 is 2.36 bits per heavy atom. The number of carbonyl (C=O) groups is 1. The highest BCUT2D eigenvalue weighted by Gasteiger charge is 2.31. The molecule has 3 rings (SSSR count). The second kappa shape index (κ2) is 9.55. The number of benzene rings is 1. The summed E-state index contributed by atoms with van der Waals surface area (Å²) in [5.41, 5.74) is 6.23. The molecule has 11 heteroatoms. The third-order valence-electron chi connectivity index (χ3n) is 5.17. The smallest absolute Gasteiger partial charge is 0.381 e. The number of anilines is 2. The van der Waals surface area contributed by atoms with Gasteiger partial charge < -0.3 is 5.73 Å². The van der Waals surface area contributed by atoms with E-state index in [0.717, 1.165) is 18.3 Å². The number of carbonyl (C=O) groups excluding carboxylic acids is 1. The van der Waals surface area contributed by atoms with Crippen LogP contribution < -0.4 is 10.6 Å². The van der Waals surface area contributed by atoms with Gasteiger partial charge in [-0.2, -0.15) is 23.3 Å². The number of H-pyrrole nitrogens is 1. The van der Waals surface area contributed by atoms with E-state index in [9.17, 15) is 22.4 Å². The van der Waals surface area contributed by atoms with E-state index in [4.69, 9.17) is 5.73 Å². The Morgan fingerprint density at radius 1 is 1.18 bits per heavy atom. The minimum atomic E-state index is -4.45. The van der Waals surface area contributed by atoms with Gasteiger partial charge in [0.15, 0.2) is 11.6 Å². The van der Waals surface area contributed by atoms with Crippen LogP contribution in [0.4, 0.5) is 29.3 Å². The molecular weight excluding hydrogens is 440 g/mol. The van der Waals surface area contributed by atoms with Crippen LogP contribution in [0.3, 0.4) is 0 Å². The second-order valence-electron chi connectivity index (χ2n) is 8.17. The standard InChI is InChI=1S/C22H24F4N6O/c1-12(2)8-15(14-4-6-16(7-5-14)22(24,25)26)11-32(20(33)17-9-29-31-13(17)3)21-28-10-18(23)19(27)30-21/h4-7,9-10,12,15H,8,11H2,1-3H3,(H,29,31)(H2,27,28,30). The van der Waals surface area contributed by atoms with Crippen molar-refractivity contribution in [2.75, 3.05) is 17.2 Å². The largest absolute Gasteiger partial charge is 0.416 e. The highest BCUT2D eigenvalue weighted by Crippen LogP contribution is 2.32. The molecule has 0 fully saturated rings. The molecule has 1 atom stereocenters. The van der Waals surface area contributed by atoms with Crippen molar-refractivity contribution in [1.29, 1.82) is 0 Å². The van der Waals surface area contributed by atoms with Gasteiger partial charge in [0, 0.05) is 18.2 Å². The van der Waals surface area contributed by atoms with Gasteiger partial charge in [0.25, 0.3) is 5.91 Å². The van der Waals surface area contributed by atoms with E-state index in [2.05, 4.69) is 20.2 Å². The summed E-state index contributed by atoms with van der Waals surface area (Å²) in [5, 5.41) is 6.55. The number of hydrogen-bond acceptors (Lipinski definition) is 5. The van der Waals surface area contributed by atoms with Gasteiger partial charge in [-0.25, -0.2) is 9.37 Å². The van der Waals surface area contributed by atoms with Gasteiger partial charge in [0.05, 0.1) is 23.5 Å². The molecule has 2 heterocycles. The monoisotopic (exact) mass is 464 g/mol. The average Bonchev–Trinajstić information content (AvgIpc) is 3.18. The number of rotatable bonds is 7. The number of nitrogens with zero attached hydrogens (tertiary/aromatic N) is 4. The molecule has 33 heavy (non-hydrogen) atoms. The van der Waals surface area contributed by atoms with Crippen molar-refractivity contribution < 1.29 is 22.4 Å². The van der Waals surface area contributed by atoms with E-state index in [1.54, 1.807) is 6.92 Å². The summed E-state index contributed by atoms with van der Waals surface area (Å²) in [7, 11) is 0. The number of aromatic nitrogens is 4. The van der Waals surface area contributed by atoms with Crippen LogP contribution in [0.15, 0.2) is 36.7 Å². The third-order valence-corrected chi connectivity index (χ3v) is 5.17. The lowest BCUT2D eigenvalue weighted by Gasteiger charge is -2.28. The first kappa shape index (κ1) is 24.1. The van der Waals surface area contributed by atoms with Crippen LogP contribution in [0.2, 0.25) is 0 Å². The first-order valence-electron chi connectivity index (χ1n) is 10.2. The molecule has 0 spiro atoms. The van der Waals surface area contributed by atoms with E-state index < -0.39 is 29.3 Å². The molecule has 1 unspecified atom stereocenters. The number of nitrogen functional groups attached to an aromatic ring is 1. The molecule has 176 valence electrons. The SMILES string of the molecule is Cc1[nH]ncc1C(=O)N(CC(CC(C)C)c1ccc(C(F)(F)F)cc1)c1ncc(F)c(N)n1. The summed E-state index contributed by atoms with van der Waals surface area (Å²) in [5.74, 6) is -2.03. The summed E-state index contributed by atoms with van der Waals surface area (Å²) in [4.78, 5) is 22.5. The number of hydrogen-bond donors (Lipinski definition) is 2. The summed E-state index contributed by atoms with van der Waals surface area (Å²) < 4.78 is 52.7. The summed E-state index contributed by atoms with van der Waals surface area (Å²) in [6, 6.07) is 4.84. The van der Waals surface area contributed by atoms with Gasteiger partial charge in [-0.3, -0.25) is 14.8 Å². The maximum Gasteiger partial charge on any atom is 0.416 e. The van der Waals surface area contributed by atoms with Gasteiger partial charge in [-0.15, -0.1) is 0 Å². The zero-order valence-electron chi connectivity index (χ0n) is 18.3. The molecule has 0 bridgehead atoms. The maximum absolute atomic E-state index is 13.7. The molecule has 0 radical (unpaired) electrons. The van der Waals surface area contributed by atoms with Crippen LogP contribution >= 0.6 is 0 Å². The predicted octanol–water partition coefficient (Wildman–Crippen LogP) is 4.72. The topological polar surface area (TPSA) is 101 Å². The van der Waals surface area contributed by atoms with Crippen LogP contribution in [0.1, 0.15) is 53.4 Å². The lowest BCUT2D eigenvalue weighted by molar-refractivity contribution is -0.137. The maximum atomic E-state index is 13.7. The van der Waals surface area contributed by atoms with Crippen molar-refractivity contribution >= 4 is 17.7 Å². The van der Waals surface area contributed by atoms with Crippen molar-refractivity contribution in [3.63, 3.8) is 0 Å². The fraction of sp³-hybridized carbons (Fsp3) is 0.364. The van der Waals surface area contributed by atoms with Crippen LogP contribution in [-0.4, -0.2) is 32.6 Å². The van der Waals surface area contributed by atoms with Crippen molar-refractivity contribution in [2.24, 2.45) is 5.92 Å². The Balaban J connectivity index is 2.02. The van der Waals surface area contributed by atoms with Crippen LogP contribution in [0.5, 0.6) is 0 Å². The summed E-state index contributed by atoms with van der Waals surface area (Å²) in [6.45, 7) is 5.64. The molecule has 3 N–H and O–H groups in total. The van der Waals surface area contributed by atoms with Crippen molar-refractivity contribution in [3.8, 4) is 0 Å². The number of amides is 1. The number of nitrogens with one attached hydrogen (secondary N) is 1. The fourth-order valence-electron chi connectivity index (χ4n) is 3.52. The zero-order valence-corrected chi connectivity index (χ0v) is 18.3. The van der Waals surface area contributed by atoms with Crippen molar-refractivity contribution in [2.45, 2.75) is 39.3 Å². The van der Waals surface area contributed by atoms with Crippen molar-refractivity contribution in [1.82, 2.24) is 20.2 Å². The van der Waals surface area contributed by atoms with E-state index in [0.29, 0.717) is 17.7 Å². The second-order valence-corrected chi connectivity index (χ2v) is 8.17. The Kier molecular flexibility index (Phi) is 6.99. The minimum Gasteiger partial charge on any atom is -0.381 e. The summed E-state index contributed by atoms with van der Waals surface area (Å²) >= 11 is 0. The number of aryl methyl sites for hydroxylation is 1. The van der Waals surface area contributed by atoms with Gasteiger partial charge in [0.2, 0.25) is 5.95 Å². The Labute approximate surface area is 188 Å². The molecule has 1 amide bonds. The summed E-state index contributed by atoms with van der Waals surface area (Å²) in [6.07, 6.45) is -1.66. The highest BCUT2D eigenvalue weighted by atomic mass is 19.4.